The number of hydrogen-bond acceptors (Lipinski definition) is 6. The SMILES string of the molecule is C[C@@H]1[C@@H](C)CCC[C@H]1NC(=O)[C@H](C)Sc1ncc(C#N)c(N)n1. The van der Waals surface area contributed by atoms with Gasteiger partial charge in [0.15, 0.2) is 5.16 Å². The maximum atomic E-state index is 12.4. The van der Waals surface area contributed by atoms with Crippen LogP contribution in [-0.2, 0) is 4.79 Å². The first-order valence-corrected chi connectivity index (χ1v) is 8.80. The molecule has 23 heavy (non-hydrogen) atoms. The fourth-order valence-corrected chi connectivity index (χ4v) is 3.57. The Morgan fingerprint density at radius 2 is 2.26 bits per heavy atom. The van der Waals surface area contributed by atoms with Crippen molar-refractivity contribution in [1.29, 1.82) is 5.26 Å². The van der Waals surface area contributed by atoms with E-state index in [1.165, 1.54) is 24.4 Å². The quantitative estimate of drug-likeness (QED) is 0.647. The van der Waals surface area contributed by atoms with Crippen LogP contribution in [0.3, 0.4) is 0 Å². The fourth-order valence-electron chi connectivity index (χ4n) is 2.82. The minimum Gasteiger partial charge on any atom is -0.382 e. The number of carbonyl (C=O) groups is 1. The van der Waals surface area contributed by atoms with Crippen molar-refractivity contribution >= 4 is 23.5 Å². The Balaban J connectivity index is 1.95. The first kappa shape index (κ1) is 17.5. The third-order valence-corrected chi connectivity index (χ3v) is 5.58. The average Bonchev–Trinajstić information content (AvgIpc) is 2.52. The molecule has 3 N–H and O–H groups in total. The van der Waals surface area contributed by atoms with E-state index in [-0.39, 0.29) is 28.6 Å². The highest BCUT2D eigenvalue weighted by atomic mass is 32.2. The number of hydrogen-bond donors (Lipinski definition) is 2. The van der Waals surface area contributed by atoms with Crippen molar-refractivity contribution in [1.82, 2.24) is 15.3 Å². The Morgan fingerprint density at radius 3 is 2.91 bits per heavy atom. The van der Waals surface area contributed by atoms with Crippen molar-refractivity contribution in [3.8, 4) is 6.07 Å². The number of nitrogens with zero attached hydrogens (tertiary/aromatic N) is 3. The van der Waals surface area contributed by atoms with Crippen molar-refractivity contribution in [3.63, 3.8) is 0 Å². The Bertz CT molecular complexity index is 615. The van der Waals surface area contributed by atoms with Gasteiger partial charge < -0.3 is 11.1 Å². The Kier molecular flexibility index (Phi) is 5.83. The molecule has 1 aliphatic carbocycles. The molecule has 0 aromatic carbocycles. The molecular formula is C16H23N5OS. The van der Waals surface area contributed by atoms with E-state index in [2.05, 4.69) is 29.1 Å². The summed E-state index contributed by atoms with van der Waals surface area (Å²) in [4.78, 5) is 20.5. The van der Waals surface area contributed by atoms with Gasteiger partial charge in [-0.25, -0.2) is 9.97 Å². The fraction of sp³-hybridized carbons (Fsp3) is 0.625. The number of nitrogens with one attached hydrogen (secondary N) is 1. The van der Waals surface area contributed by atoms with Gasteiger partial charge in [-0.15, -0.1) is 0 Å². The first-order chi connectivity index (χ1) is 10.9. The van der Waals surface area contributed by atoms with Gasteiger partial charge in [0, 0.05) is 6.04 Å². The van der Waals surface area contributed by atoms with Crippen LogP contribution in [0.4, 0.5) is 5.82 Å². The van der Waals surface area contributed by atoms with Crippen LogP contribution in [-0.4, -0.2) is 27.2 Å². The lowest BCUT2D eigenvalue weighted by molar-refractivity contribution is -0.121. The van der Waals surface area contributed by atoms with Crippen molar-refractivity contribution in [3.05, 3.63) is 11.8 Å². The second kappa shape index (κ2) is 7.64. The lowest BCUT2D eigenvalue weighted by atomic mass is 9.78. The molecule has 1 fully saturated rings. The summed E-state index contributed by atoms with van der Waals surface area (Å²) in [5.74, 6) is 1.27. The van der Waals surface area contributed by atoms with Gasteiger partial charge in [-0.1, -0.05) is 38.5 Å². The van der Waals surface area contributed by atoms with Crippen LogP contribution in [0, 0.1) is 23.2 Å². The molecule has 0 bridgehead atoms. The second-order valence-electron chi connectivity index (χ2n) is 6.21. The van der Waals surface area contributed by atoms with Crippen LogP contribution >= 0.6 is 11.8 Å². The normalized spacial score (nSPS) is 25.4. The Labute approximate surface area is 141 Å². The number of nitrogen functional groups attached to an aromatic ring is 1. The minimum atomic E-state index is -0.313. The van der Waals surface area contributed by atoms with E-state index in [4.69, 9.17) is 11.0 Å². The molecule has 1 saturated carbocycles. The minimum absolute atomic E-state index is 0.00696. The molecule has 6 nitrogen and oxygen atoms in total. The van der Waals surface area contributed by atoms with E-state index in [0.717, 1.165) is 12.8 Å². The van der Waals surface area contributed by atoms with E-state index < -0.39 is 0 Å². The van der Waals surface area contributed by atoms with Gasteiger partial charge in [0.1, 0.15) is 17.5 Å². The van der Waals surface area contributed by atoms with Crippen LogP contribution < -0.4 is 11.1 Å². The van der Waals surface area contributed by atoms with E-state index in [1.54, 1.807) is 0 Å². The van der Waals surface area contributed by atoms with Gasteiger partial charge in [-0.05, 0) is 25.2 Å². The molecule has 0 aliphatic heterocycles. The summed E-state index contributed by atoms with van der Waals surface area (Å²) in [7, 11) is 0. The monoisotopic (exact) mass is 333 g/mol. The predicted octanol–water partition coefficient (Wildman–Crippen LogP) is 2.35. The molecule has 1 aromatic heterocycles. The molecule has 0 saturated heterocycles. The smallest absolute Gasteiger partial charge is 0.233 e. The molecule has 0 unspecified atom stereocenters. The molecular weight excluding hydrogens is 310 g/mol. The van der Waals surface area contributed by atoms with Crippen molar-refractivity contribution in [2.75, 3.05) is 5.73 Å². The third kappa shape index (κ3) is 4.35. The van der Waals surface area contributed by atoms with Crippen LogP contribution in [0.2, 0.25) is 0 Å². The maximum Gasteiger partial charge on any atom is 0.233 e. The molecule has 1 aliphatic rings. The zero-order chi connectivity index (χ0) is 17.0. The van der Waals surface area contributed by atoms with Gasteiger partial charge in [-0.3, -0.25) is 4.79 Å². The molecule has 0 spiro atoms. The number of thioether (sulfide) groups is 1. The van der Waals surface area contributed by atoms with Gasteiger partial charge in [0.05, 0.1) is 11.4 Å². The first-order valence-electron chi connectivity index (χ1n) is 7.92. The molecule has 7 heteroatoms. The molecule has 4 atom stereocenters. The van der Waals surface area contributed by atoms with E-state index in [1.807, 2.05) is 13.0 Å². The lowest BCUT2D eigenvalue weighted by Gasteiger charge is -2.35. The zero-order valence-corrected chi connectivity index (χ0v) is 14.6. The highest BCUT2D eigenvalue weighted by Gasteiger charge is 2.29. The number of nitriles is 1. The number of nitrogens with two attached hydrogens (primary N) is 1. The predicted molar refractivity (Wildman–Crippen MR) is 90.6 cm³/mol. The van der Waals surface area contributed by atoms with Gasteiger partial charge in [0.25, 0.3) is 0 Å². The highest BCUT2D eigenvalue weighted by Crippen LogP contribution is 2.30. The summed E-state index contributed by atoms with van der Waals surface area (Å²) in [6.07, 6.45) is 4.82. The number of rotatable bonds is 4. The van der Waals surface area contributed by atoms with Crippen LogP contribution in [0.5, 0.6) is 0 Å². The molecule has 124 valence electrons. The van der Waals surface area contributed by atoms with E-state index >= 15 is 0 Å². The Morgan fingerprint density at radius 1 is 1.52 bits per heavy atom. The van der Waals surface area contributed by atoms with E-state index in [9.17, 15) is 4.79 Å². The van der Waals surface area contributed by atoms with Crippen LogP contribution in [0.15, 0.2) is 11.4 Å². The second-order valence-corrected chi connectivity index (χ2v) is 7.51. The van der Waals surface area contributed by atoms with Gasteiger partial charge >= 0.3 is 0 Å². The molecule has 2 rings (SSSR count). The summed E-state index contributed by atoms with van der Waals surface area (Å²) in [5.41, 5.74) is 5.93. The summed E-state index contributed by atoms with van der Waals surface area (Å²) in [6, 6.07) is 2.16. The topological polar surface area (TPSA) is 105 Å². The van der Waals surface area contributed by atoms with Crippen molar-refractivity contribution < 1.29 is 4.79 Å². The summed E-state index contributed by atoms with van der Waals surface area (Å²) in [6.45, 7) is 6.28. The lowest BCUT2D eigenvalue weighted by Crippen LogP contribution is -2.46. The average molecular weight is 333 g/mol. The van der Waals surface area contributed by atoms with Crippen LogP contribution in [0.1, 0.15) is 45.6 Å². The summed E-state index contributed by atoms with van der Waals surface area (Å²) >= 11 is 1.25. The maximum absolute atomic E-state index is 12.4. The summed E-state index contributed by atoms with van der Waals surface area (Å²) < 4.78 is 0. The van der Waals surface area contributed by atoms with Gasteiger partial charge in [-0.2, -0.15) is 5.26 Å². The summed E-state index contributed by atoms with van der Waals surface area (Å²) in [5, 5.41) is 12.1. The molecule has 1 heterocycles. The number of anilines is 1. The van der Waals surface area contributed by atoms with Crippen molar-refractivity contribution in [2.24, 2.45) is 11.8 Å². The highest BCUT2D eigenvalue weighted by molar-refractivity contribution is 8.00. The molecule has 0 radical (unpaired) electrons. The third-order valence-electron chi connectivity index (χ3n) is 4.60. The number of carbonyl (C=O) groups excluding carboxylic acids is 1. The number of amides is 1. The zero-order valence-electron chi connectivity index (χ0n) is 13.7. The van der Waals surface area contributed by atoms with E-state index in [0.29, 0.717) is 17.0 Å². The standard InChI is InChI=1S/C16H23N5OS/c1-9-5-4-6-13(10(9)2)20-15(22)11(3)23-16-19-8-12(7-17)14(18)21-16/h8-11,13H,4-6H2,1-3H3,(H,20,22)(H2,18,19,21)/t9-,10+,11-,13+/m0/s1. The Hall–Kier alpha value is -1.81. The molecule has 1 amide bonds. The number of aromatic nitrogens is 2. The van der Waals surface area contributed by atoms with Crippen LogP contribution in [0.25, 0.3) is 0 Å². The van der Waals surface area contributed by atoms with Crippen molar-refractivity contribution in [2.45, 2.75) is 56.5 Å². The van der Waals surface area contributed by atoms with Gasteiger partial charge in [0.2, 0.25) is 5.91 Å². The largest absolute Gasteiger partial charge is 0.382 e. The molecule has 1 aromatic rings.